The quantitative estimate of drug-likeness (QED) is 0.571. The predicted octanol–water partition coefficient (Wildman–Crippen LogP) is 0.741. The lowest BCUT2D eigenvalue weighted by Crippen LogP contribution is -2.44. The predicted molar refractivity (Wildman–Crippen MR) is 73.4 cm³/mol. The second-order valence-electron chi connectivity index (χ2n) is 4.44. The van der Waals surface area contributed by atoms with E-state index in [9.17, 15) is 23.7 Å². The number of hydrogen-bond donors (Lipinski definition) is 2. The number of carbonyl (C=O) groups is 1. The molecule has 0 radical (unpaired) electrons. The fraction of sp³-hybridized carbons (Fsp3) is 0.417. The van der Waals surface area contributed by atoms with Crippen molar-refractivity contribution in [3.05, 3.63) is 34.4 Å². The van der Waals surface area contributed by atoms with Crippen LogP contribution in [0.15, 0.2) is 24.3 Å². The standard InChI is InChI=1S/C12H16F2N4O3/c1-17(6-11(19)16-8-12(13,14)7-15)9-4-2-3-5-10(9)18(20)21/h2-5H,6-8,15H2,1H3,(H,16,19). The third kappa shape index (κ3) is 4.95. The van der Waals surface area contributed by atoms with Crippen LogP contribution < -0.4 is 16.0 Å². The van der Waals surface area contributed by atoms with Crippen molar-refractivity contribution in [2.45, 2.75) is 5.92 Å². The molecule has 0 saturated heterocycles. The van der Waals surface area contributed by atoms with Gasteiger partial charge in [-0.05, 0) is 6.07 Å². The lowest BCUT2D eigenvalue weighted by molar-refractivity contribution is -0.384. The highest BCUT2D eigenvalue weighted by molar-refractivity contribution is 5.82. The van der Waals surface area contributed by atoms with Gasteiger partial charge >= 0.3 is 0 Å². The summed E-state index contributed by atoms with van der Waals surface area (Å²) < 4.78 is 25.8. The molecule has 1 aromatic carbocycles. The number of likely N-dealkylation sites (N-methyl/N-ethyl adjacent to an activating group) is 1. The topological polar surface area (TPSA) is 102 Å². The second kappa shape index (κ2) is 6.93. The van der Waals surface area contributed by atoms with E-state index in [0.717, 1.165) is 0 Å². The Balaban J connectivity index is 2.67. The Morgan fingerprint density at radius 2 is 2.10 bits per heavy atom. The van der Waals surface area contributed by atoms with Crippen LogP contribution in [0.2, 0.25) is 0 Å². The van der Waals surface area contributed by atoms with Gasteiger partial charge in [-0.3, -0.25) is 14.9 Å². The van der Waals surface area contributed by atoms with Crippen molar-refractivity contribution in [3.8, 4) is 0 Å². The number of nitro groups is 1. The molecule has 116 valence electrons. The van der Waals surface area contributed by atoms with Crippen molar-refractivity contribution >= 4 is 17.3 Å². The van der Waals surface area contributed by atoms with Crippen molar-refractivity contribution in [2.24, 2.45) is 5.73 Å². The molecule has 21 heavy (non-hydrogen) atoms. The number of nitro benzene ring substituents is 1. The first kappa shape index (κ1) is 16.8. The molecular weight excluding hydrogens is 286 g/mol. The highest BCUT2D eigenvalue weighted by Crippen LogP contribution is 2.26. The molecule has 9 heteroatoms. The van der Waals surface area contributed by atoms with Crippen molar-refractivity contribution in [2.75, 3.05) is 31.6 Å². The average Bonchev–Trinajstić information content (AvgIpc) is 2.45. The van der Waals surface area contributed by atoms with Gasteiger partial charge in [0.15, 0.2) is 0 Å². The minimum Gasteiger partial charge on any atom is -0.360 e. The summed E-state index contributed by atoms with van der Waals surface area (Å²) in [4.78, 5) is 23.2. The van der Waals surface area contributed by atoms with Crippen LogP contribution in [0.25, 0.3) is 0 Å². The van der Waals surface area contributed by atoms with Gasteiger partial charge in [-0.1, -0.05) is 12.1 Å². The normalized spacial score (nSPS) is 11.0. The Hall–Kier alpha value is -2.29. The second-order valence-corrected chi connectivity index (χ2v) is 4.44. The van der Waals surface area contributed by atoms with Crippen LogP contribution in [0.3, 0.4) is 0 Å². The van der Waals surface area contributed by atoms with Gasteiger partial charge in [0.1, 0.15) is 5.69 Å². The van der Waals surface area contributed by atoms with Crippen LogP contribution in [0.4, 0.5) is 20.2 Å². The molecule has 1 amide bonds. The van der Waals surface area contributed by atoms with E-state index in [-0.39, 0.29) is 17.9 Å². The number of halogens is 2. The number of carbonyl (C=O) groups excluding carboxylic acids is 1. The van der Waals surface area contributed by atoms with E-state index in [4.69, 9.17) is 5.73 Å². The number of anilines is 1. The smallest absolute Gasteiger partial charge is 0.292 e. The van der Waals surface area contributed by atoms with E-state index >= 15 is 0 Å². The van der Waals surface area contributed by atoms with Crippen molar-refractivity contribution in [1.82, 2.24) is 5.32 Å². The summed E-state index contributed by atoms with van der Waals surface area (Å²) in [7, 11) is 1.46. The Morgan fingerprint density at radius 1 is 1.48 bits per heavy atom. The number of rotatable bonds is 7. The van der Waals surface area contributed by atoms with Crippen LogP contribution in [0, 0.1) is 10.1 Å². The molecule has 0 unspecified atom stereocenters. The third-order valence-electron chi connectivity index (χ3n) is 2.71. The molecule has 1 aromatic rings. The van der Waals surface area contributed by atoms with E-state index < -0.39 is 29.8 Å². The molecule has 0 aliphatic heterocycles. The van der Waals surface area contributed by atoms with Crippen LogP contribution in [0.5, 0.6) is 0 Å². The maximum absolute atomic E-state index is 12.9. The zero-order valence-electron chi connectivity index (χ0n) is 11.4. The fourth-order valence-corrected chi connectivity index (χ4v) is 1.60. The van der Waals surface area contributed by atoms with E-state index in [2.05, 4.69) is 0 Å². The Bertz CT molecular complexity index is 525. The first-order chi connectivity index (χ1) is 9.76. The number of alkyl halides is 2. The average molecular weight is 302 g/mol. The van der Waals surface area contributed by atoms with Gasteiger partial charge in [-0.25, -0.2) is 8.78 Å². The Labute approximate surface area is 119 Å². The molecule has 0 aliphatic rings. The summed E-state index contributed by atoms with van der Waals surface area (Å²) >= 11 is 0. The molecule has 0 spiro atoms. The number of nitrogens with one attached hydrogen (secondary N) is 1. The van der Waals surface area contributed by atoms with Gasteiger partial charge in [-0.15, -0.1) is 0 Å². The fourth-order valence-electron chi connectivity index (χ4n) is 1.60. The van der Waals surface area contributed by atoms with Crippen LogP contribution in [-0.2, 0) is 4.79 Å². The highest BCUT2D eigenvalue weighted by atomic mass is 19.3. The van der Waals surface area contributed by atoms with E-state index in [1.54, 1.807) is 6.07 Å². The third-order valence-corrected chi connectivity index (χ3v) is 2.71. The molecule has 0 heterocycles. The van der Waals surface area contributed by atoms with Gasteiger partial charge in [0.2, 0.25) is 5.91 Å². The lowest BCUT2D eigenvalue weighted by atomic mass is 10.2. The van der Waals surface area contributed by atoms with Gasteiger partial charge in [0.25, 0.3) is 11.6 Å². The van der Waals surface area contributed by atoms with E-state index in [1.807, 2.05) is 5.32 Å². The zero-order chi connectivity index (χ0) is 16.0. The summed E-state index contributed by atoms with van der Waals surface area (Å²) in [6.45, 7) is -2.02. The van der Waals surface area contributed by atoms with Crippen LogP contribution in [-0.4, -0.2) is 43.4 Å². The molecule has 0 atom stereocenters. The zero-order valence-corrected chi connectivity index (χ0v) is 11.4. The molecule has 3 N–H and O–H groups in total. The minimum atomic E-state index is -3.17. The summed E-state index contributed by atoms with van der Waals surface area (Å²) in [5, 5.41) is 12.9. The van der Waals surface area contributed by atoms with Gasteiger partial charge in [0.05, 0.1) is 24.6 Å². The summed E-state index contributed by atoms with van der Waals surface area (Å²) in [5.74, 6) is -3.85. The molecule has 0 saturated carbocycles. The first-order valence-electron chi connectivity index (χ1n) is 6.06. The SMILES string of the molecule is CN(CC(=O)NCC(F)(F)CN)c1ccccc1[N+](=O)[O-]. The van der Waals surface area contributed by atoms with Crippen LogP contribution in [0.1, 0.15) is 0 Å². The summed E-state index contributed by atoms with van der Waals surface area (Å²) in [5.41, 5.74) is 4.91. The molecule has 0 aromatic heterocycles. The first-order valence-corrected chi connectivity index (χ1v) is 6.06. The van der Waals surface area contributed by atoms with Crippen molar-refractivity contribution < 1.29 is 18.5 Å². The maximum atomic E-state index is 12.9. The Morgan fingerprint density at radius 3 is 2.67 bits per heavy atom. The summed E-state index contributed by atoms with van der Waals surface area (Å²) in [6.07, 6.45) is 0. The summed E-state index contributed by atoms with van der Waals surface area (Å²) in [6, 6.07) is 5.85. The number of nitrogens with two attached hydrogens (primary N) is 1. The largest absolute Gasteiger partial charge is 0.360 e. The molecule has 0 aliphatic carbocycles. The van der Waals surface area contributed by atoms with Crippen molar-refractivity contribution in [3.63, 3.8) is 0 Å². The molecule has 0 fully saturated rings. The molecule has 0 bridgehead atoms. The lowest BCUT2D eigenvalue weighted by Gasteiger charge is -2.20. The van der Waals surface area contributed by atoms with Gasteiger partial charge in [0, 0.05) is 13.1 Å². The molecule has 1 rings (SSSR count). The van der Waals surface area contributed by atoms with E-state index in [0.29, 0.717) is 0 Å². The maximum Gasteiger partial charge on any atom is 0.292 e. The number of para-hydroxylation sites is 2. The number of amides is 1. The minimum absolute atomic E-state index is 0.167. The number of benzene rings is 1. The van der Waals surface area contributed by atoms with Crippen molar-refractivity contribution in [1.29, 1.82) is 0 Å². The molecule has 7 nitrogen and oxygen atoms in total. The van der Waals surface area contributed by atoms with Gasteiger partial charge < -0.3 is 16.0 Å². The van der Waals surface area contributed by atoms with E-state index in [1.165, 1.54) is 30.1 Å². The monoisotopic (exact) mass is 302 g/mol. The van der Waals surface area contributed by atoms with Gasteiger partial charge in [-0.2, -0.15) is 0 Å². The Kier molecular flexibility index (Phi) is 5.53. The number of nitrogens with zero attached hydrogens (tertiary/aromatic N) is 2. The number of hydrogen-bond acceptors (Lipinski definition) is 5. The molecular formula is C12H16F2N4O3. The van der Waals surface area contributed by atoms with Crippen LogP contribution >= 0.6 is 0 Å². The highest BCUT2D eigenvalue weighted by Gasteiger charge is 2.27.